The lowest BCUT2D eigenvalue weighted by atomic mass is 10.2. The minimum atomic E-state index is -0.436. The highest BCUT2D eigenvalue weighted by molar-refractivity contribution is 5.28. The Kier molecular flexibility index (Phi) is 5.02. The van der Waals surface area contributed by atoms with Crippen LogP contribution in [0.4, 0.5) is 0 Å². The van der Waals surface area contributed by atoms with Crippen LogP contribution >= 0.6 is 0 Å². The van der Waals surface area contributed by atoms with Crippen LogP contribution < -0.4 is 10.1 Å². The molecule has 0 heterocycles. The number of nitrogens with one attached hydrogen (secondary N) is 1. The van der Waals surface area contributed by atoms with E-state index in [9.17, 15) is 5.11 Å². The molecule has 0 spiro atoms. The highest BCUT2D eigenvalue weighted by atomic mass is 16.5. The standard InChI is InChI=1S/C15H23NO2/c1-2-12-4-3-5-15(8-12)18-11-14(17)10-16-9-13-6-7-13/h3-5,8,13-14,16-17H,2,6-7,9-11H2,1H3. The highest BCUT2D eigenvalue weighted by Crippen LogP contribution is 2.27. The van der Waals surface area contributed by atoms with E-state index in [1.807, 2.05) is 18.2 Å². The van der Waals surface area contributed by atoms with Gasteiger partial charge < -0.3 is 15.2 Å². The van der Waals surface area contributed by atoms with Crippen LogP contribution in [-0.4, -0.2) is 30.9 Å². The Balaban J connectivity index is 1.65. The second-order valence-corrected chi connectivity index (χ2v) is 5.07. The molecule has 100 valence electrons. The van der Waals surface area contributed by atoms with Gasteiger partial charge >= 0.3 is 0 Å². The van der Waals surface area contributed by atoms with E-state index >= 15 is 0 Å². The molecule has 1 atom stereocenters. The first kappa shape index (κ1) is 13.4. The van der Waals surface area contributed by atoms with Crippen molar-refractivity contribution < 1.29 is 9.84 Å². The molecule has 18 heavy (non-hydrogen) atoms. The molecule has 3 nitrogen and oxygen atoms in total. The second kappa shape index (κ2) is 6.76. The normalized spacial score (nSPS) is 16.6. The highest BCUT2D eigenvalue weighted by Gasteiger charge is 2.20. The van der Waals surface area contributed by atoms with Crippen LogP contribution in [0.2, 0.25) is 0 Å². The van der Waals surface area contributed by atoms with E-state index in [0.717, 1.165) is 24.6 Å². The first-order valence-electron chi connectivity index (χ1n) is 6.88. The Hall–Kier alpha value is -1.06. The molecule has 0 aromatic heterocycles. The van der Waals surface area contributed by atoms with Crippen molar-refractivity contribution in [2.75, 3.05) is 19.7 Å². The van der Waals surface area contributed by atoms with Gasteiger partial charge in [-0.2, -0.15) is 0 Å². The molecule has 1 aliphatic rings. The lowest BCUT2D eigenvalue weighted by Crippen LogP contribution is -2.32. The Morgan fingerprint density at radius 1 is 1.44 bits per heavy atom. The number of rotatable bonds is 8. The summed E-state index contributed by atoms with van der Waals surface area (Å²) in [6.45, 7) is 4.12. The lowest BCUT2D eigenvalue weighted by molar-refractivity contribution is 0.106. The third-order valence-electron chi connectivity index (χ3n) is 3.26. The molecule has 3 heteroatoms. The van der Waals surface area contributed by atoms with Crippen LogP contribution in [-0.2, 0) is 6.42 Å². The fraction of sp³-hybridized carbons (Fsp3) is 0.600. The van der Waals surface area contributed by atoms with Crippen LogP contribution in [0.15, 0.2) is 24.3 Å². The molecule has 0 radical (unpaired) electrons. The van der Waals surface area contributed by atoms with E-state index in [4.69, 9.17) is 4.74 Å². The molecule has 0 amide bonds. The van der Waals surface area contributed by atoms with E-state index < -0.39 is 6.10 Å². The lowest BCUT2D eigenvalue weighted by Gasteiger charge is -2.13. The summed E-state index contributed by atoms with van der Waals surface area (Å²) in [5.41, 5.74) is 1.26. The largest absolute Gasteiger partial charge is 0.491 e. The molecule has 1 saturated carbocycles. The summed E-state index contributed by atoms with van der Waals surface area (Å²) in [6.07, 6.45) is 3.24. The summed E-state index contributed by atoms with van der Waals surface area (Å²) in [5.74, 6) is 1.69. The van der Waals surface area contributed by atoms with E-state index in [-0.39, 0.29) is 0 Å². The predicted octanol–water partition coefficient (Wildman–Crippen LogP) is 1.99. The van der Waals surface area contributed by atoms with Crippen molar-refractivity contribution in [1.29, 1.82) is 0 Å². The van der Waals surface area contributed by atoms with Crippen molar-refractivity contribution in [3.05, 3.63) is 29.8 Å². The van der Waals surface area contributed by atoms with E-state index in [1.54, 1.807) is 0 Å². The number of benzene rings is 1. The number of hydrogen-bond acceptors (Lipinski definition) is 3. The maximum atomic E-state index is 9.78. The topological polar surface area (TPSA) is 41.5 Å². The fourth-order valence-corrected chi connectivity index (χ4v) is 1.88. The van der Waals surface area contributed by atoms with Crippen molar-refractivity contribution in [2.45, 2.75) is 32.3 Å². The van der Waals surface area contributed by atoms with Crippen LogP contribution in [0, 0.1) is 5.92 Å². The Labute approximate surface area is 109 Å². The zero-order valence-electron chi connectivity index (χ0n) is 11.1. The first-order chi connectivity index (χ1) is 8.78. The van der Waals surface area contributed by atoms with Crippen LogP contribution in [0.3, 0.4) is 0 Å². The van der Waals surface area contributed by atoms with Gasteiger partial charge in [0, 0.05) is 6.54 Å². The van der Waals surface area contributed by atoms with Gasteiger partial charge in [0.05, 0.1) is 0 Å². The van der Waals surface area contributed by atoms with Crippen molar-refractivity contribution in [2.24, 2.45) is 5.92 Å². The van der Waals surface area contributed by atoms with E-state index in [0.29, 0.717) is 13.2 Å². The molecule has 1 aromatic carbocycles. The summed E-state index contributed by atoms with van der Waals surface area (Å²) < 4.78 is 5.59. The molecule has 1 aliphatic carbocycles. The first-order valence-corrected chi connectivity index (χ1v) is 6.88. The Bertz CT molecular complexity index is 363. The smallest absolute Gasteiger partial charge is 0.119 e. The van der Waals surface area contributed by atoms with Crippen molar-refractivity contribution in [3.8, 4) is 5.75 Å². The van der Waals surface area contributed by atoms with Gasteiger partial charge in [0.25, 0.3) is 0 Å². The molecule has 0 bridgehead atoms. The SMILES string of the molecule is CCc1cccc(OCC(O)CNCC2CC2)c1. The molecule has 2 rings (SSSR count). The molecule has 1 fully saturated rings. The summed E-state index contributed by atoms with van der Waals surface area (Å²) in [7, 11) is 0. The number of aryl methyl sites for hydroxylation is 1. The average Bonchev–Trinajstić information content (AvgIpc) is 3.21. The molecular weight excluding hydrogens is 226 g/mol. The van der Waals surface area contributed by atoms with Crippen LogP contribution in [0.5, 0.6) is 5.75 Å². The van der Waals surface area contributed by atoms with Gasteiger partial charge in [-0.1, -0.05) is 19.1 Å². The monoisotopic (exact) mass is 249 g/mol. The fourth-order valence-electron chi connectivity index (χ4n) is 1.88. The maximum Gasteiger partial charge on any atom is 0.119 e. The third kappa shape index (κ3) is 4.67. The number of aliphatic hydroxyl groups is 1. The average molecular weight is 249 g/mol. The van der Waals surface area contributed by atoms with Crippen molar-refractivity contribution >= 4 is 0 Å². The summed E-state index contributed by atoms with van der Waals surface area (Å²) in [5, 5.41) is 13.1. The van der Waals surface area contributed by atoms with Crippen LogP contribution in [0.25, 0.3) is 0 Å². The molecule has 0 saturated heterocycles. The molecule has 0 aliphatic heterocycles. The van der Waals surface area contributed by atoms with Gasteiger partial charge in [-0.15, -0.1) is 0 Å². The van der Waals surface area contributed by atoms with Crippen molar-refractivity contribution in [3.63, 3.8) is 0 Å². The zero-order valence-corrected chi connectivity index (χ0v) is 11.1. The number of ether oxygens (including phenoxy) is 1. The zero-order chi connectivity index (χ0) is 12.8. The third-order valence-corrected chi connectivity index (χ3v) is 3.26. The Morgan fingerprint density at radius 3 is 3.00 bits per heavy atom. The molecule has 1 unspecified atom stereocenters. The quantitative estimate of drug-likeness (QED) is 0.740. The van der Waals surface area contributed by atoms with Gasteiger partial charge in [-0.05, 0) is 49.4 Å². The van der Waals surface area contributed by atoms with Gasteiger partial charge in [-0.25, -0.2) is 0 Å². The summed E-state index contributed by atoms with van der Waals surface area (Å²) in [6, 6.07) is 8.04. The maximum absolute atomic E-state index is 9.78. The summed E-state index contributed by atoms with van der Waals surface area (Å²) in [4.78, 5) is 0. The summed E-state index contributed by atoms with van der Waals surface area (Å²) >= 11 is 0. The molecular formula is C15H23NO2. The number of hydrogen-bond donors (Lipinski definition) is 2. The van der Waals surface area contributed by atoms with E-state index in [1.165, 1.54) is 18.4 Å². The van der Waals surface area contributed by atoms with E-state index in [2.05, 4.69) is 18.3 Å². The minimum absolute atomic E-state index is 0.352. The van der Waals surface area contributed by atoms with Gasteiger partial charge in [0.15, 0.2) is 0 Å². The molecule has 2 N–H and O–H groups in total. The van der Waals surface area contributed by atoms with Gasteiger partial charge in [0.1, 0.15) is 18.5 Å². The number of aliphatic hydroxyl groups excluding tert-OH is 1. The van der Waals surface area contributed by atoms with Gasteiger partial charge in [-0.3, -0.25) is 0 Å². The van der Waals surface area contributed by atoms with Crippen LogP contribution in [0.1, 0.15) is 25.3 Å². The Morgan fingerprint density at radius 2 is 2.28 bits per heavy atom. The van der Waals surface area contributed by atoms with Gasteiger partial charge in [0.2, 0.25) is 0 Å². The minimum Gasteiger partial charge on any atom is -0.491 e. The predicted molar refractivity (Wildman–Crippen MR) is 72.9 cm³/mol. The molecule has 1 aromatic rings. The second-order valence-electron chi connectivity index (χ2n) is 5.07. The van der Waals surface area contributed by atoms with Crippen molar-refractivity contribution in [1.82, 2.24) is 5.32 Å².